The second-order valence-electron chi connectivity index (χ2n) is 8.25. The van der Waals surface area contributed by atoms with Crippen molar-refractivity contribution in [3.05, 3.63) is 93.0 Å². The number of anilines is 1. The molecule has 0 radical (unpaired) electrons. The van der Waals surface area contributed by atoms with Crippen LogP contribution in [-0.4, -0.2) is 12.5 Å². The molecule has 3 rings (SSSR count). The lowest BCUT2D eigenvalue weighted by Crippen LogP contribution is -2.14. The maximum Gasteiger partial charge on any atom is 0.416 e. The summed E-state index contributed by atoms with van der Waals surface area (Å²) >= 11 is 6.47. The highest BCUT2D eigenvalue weighted by Crippen LogP contribution is 2.38. The lowest BCUT2D eigenvalue weighted by molar-refractivity contribution is -0.137. The van der Waals surface area contributed by atoms with Crippen LogP contribution in [0, 0.1) is 25.2 Å². The Hall–Kier alpha value is -3.96. The summed E-state index contributed by atoms with van der Waals surface area (Å²) in [7, 11) is 0. The van der Waals surface area contributed by atoms with Crippen LogP contribution in [0.15, 0.2) is 60.2 Å². The molecule has 3 aromatic carbocycles. The highest BCUT2D eigenvalue weighted by atomic mass is 35.5. The monoisotopic (exact) mass is 528 g/mol. The molecule has 0 aromatic heterocycles. The Labute approximate surface area is 218 Å². The predicted molar refractivity (Wildman–Crippen MR) is 137 cm³/mol. The van der Waals surface area contributed by atoms with Crippen LogP contribution >= 0.6 is 11.6 Å². The highest BCUT2D eigenvalue weighted by Gasteiger charge is 2.30. The number of ether oxygens (including phenoxy) is 2. The van der Waals surface area contributed by atoms with E-state index in [2.05, 4.69) is 11.4 Å². The normalized spacial score (nSPS) is 11.6. The first-order valence-corrected chi connectivity index (χ1v) is 11.6. The van der Waals surface area contributed by atoms with E-state index in [0.717, 1.165) is 28.8 Å². The Morgan fingerprint density at radius 1 is 1.08 bits per heavy atom. The van der Waals surface area contributed by atoms with Gasteiger partial charge in [-0.1, -0.05) is 47.0 Å². The van der Waals surface area contributed by atoms with Crippen LogP contribution in [0.25, 0.3) is 6.08 Å². The van der Waals surface area contributed by atoms with Gasteiger partial charge in [0.05, 0.1) is 17.2 Å². The van der Waals surface area contributed by atoms with E-state index in [1.165, 1.54) is 24.3 Å². The van der Waals surface area contributed by atoms with Crippen LogP contribution in [0.5, 0.6) is 11.5 Å². The molecule has 0 unspecified atom stereocenters. The number of amides is 1. The van der Waals surface area contributed by atoms with E-state index < -0.39 is 17.6 Å². The molecule has 0 fully saturated rings. The lowest BCUT2D eigenvalue weighted by Gasteiger charge is -2.15. The number of hydrogen-bond donors (Lipinski definition) is 1. The molecule has 0 saturated carbocycles. The van der Waals surface area contributed by atoms with Gasteiger partial charge in [0, 0.05) is 5.69 Å². The third-order valence-electron chi connectivity index (χ3n) is 5.12. The summed E-state index contributed by atoms with van der Waals surface area (Å²) in [6.45, 7) is 6.33. The SMILES string of the molecule is CCOc1cc(/C=C(\C#N)C(=O)Nc2cccc(C(F)(F)F)c2)cc(Cl)c1OCc1cc(C)cc(C)c1. The molecular formula is C28H24ClF3N2O3. The molecule has 0 saturated heterocycles. The number of carbonyl (C=O) groups excluding carboxylic acids is 1. The van der Waals surface area contributed by atoms with Gasteiger partial charge in [-0.05, 0) is 68.3 Å². The third kappa shape index (κ3) is 7.51. The first-order valence-electron chi connectivity index (χ1n) is 11.3. The molecule has 0 bridgehead atoms. The summed E-state index contributed by atoms with van der Waals surface area (Å²) in [5, 5.41) is 12.0. The Bertz CT molecular complexity index is 1360. The van der Waals surface area contributed by atoms with Gasteiger partial charge in [-0.2, -0.15) is 18.4 Å². The van der Waals surface area contributed by atoms with Gasteiger partial charge in [0.1, 0.15) is 18.2 Å². The minimum absolute atomic E-state index is 0.0934. The van der Waals surface area contributed by atoms with Crippen molar-refractivity contribution in [1.82, 2.24) is 0 Å². The zero-order chi connectivity index (χ0) is 27.2. The molecule has 1 amide bonds. The maximum absolute atomic E-state index is 13.0. The number of rotatable bonds is 8. The van der Waals surface area contributed by atoms with Crippen molar-refractivity contribution in [3.8, 4) is 17.6 Å². The number of benzene rings is 3. The summed E-state index contributed by atoms with van der Waals surface area (Å²) in [5.41, 5.74) is 2.19. The van der Waals surface area contributed by atoms with Gasteiger partial charge in [0.25, 0.3) is 5.91 Å². The fourth-order valence-corrected chi connectivity index (χ4v) is 3.94. The van der Waals surface area contributed by atoms with Gasteiger partial charge in [0.15, 0.2) is 11.5 Å². The molecule has 0 heterocycles. The van der Waals surface area contributed by atoms with Crippen LogP contribution in [0.2, 0.25) is 5.02 Å². The van der Waals surface area contributed by atoms with Crippen molar-refractivity contribution in [2.75, 3.05) is 11.9 Å². The van der Waals surface area contributed by atoms with Crippen LogP contribution in [0.4, 0.5) is 18.9 Å². The van der Waals surface area contributed by atoms with E-state index in [-0.39, 0.29) is 22.9 Å². The van der Waals surface area contributed by atoms with E-state index in [1.54, 1.807) is 19.1 Å². The van der Waals surface area contributed by atoms with Crippen LogP contribution in [-0.2, 0) is 17.6 Å². The number of carbonyl (C=O) groups is 1. The fraction of sp³-hybridized carbons (Fsp3) is 0.214. The molecule has 192 valence electrons. The van der Waals surface area contributed by atoms with Crippen molar-refractivity contribution < 1.29 is 27.4 Å². The van der Waals surface area contributed by atoms with Gasteiger partial charge in [-0.3, -0.25) is 4.79 Å². The molecule has 0 atom stereocenters. The first-order chi connectivity index (χ1) is 17.5. The molecule has 0 aliphatic carbocycles. The molecule has 37 heavy (non-hydrogen) atoms. The van der Waals surface area contributed by atoms with Gasteiger partial charge >= 0.3 is 6.18 Å². The van der Waals surface area contributed by atoms with Crippen LogP contribution in [0.1, 0.15) is 34.7 Å². The lowest BCUT2D eigenvalue weighted by atomic mass is 10.1. The molecular weight excluding hydrogens is 505 g/mol. The van der Waals surface area contributed by atoms with E-state index in [9.17, 15) is 23.2 Å². The van der Waals surface area contributed by atoms with Gasteiger partial charge < -0.3 is 14.8 Å². The van der Waals surface area contributed by atoms with Gasteiger partial charge in [0.2, 0.25) is 0 Å². The molecule has 3 aromatic rings. The van der Waals surface area contributed by atoms with Crippen LogP contribution in [0.3, 0.4) is 0 Å². The molecule has 5 nitrogen and oxygen atoms in total. The zero-order valence-corrected chi connectivity index (χ0v) is 21.1. The third-order valence-corrected chi connectivity index (χ3v) is 5.40. The molecule has 9 heteroatoms. The Morgan fingerprint density at radius 3 is 2.41 bits per heavy atom. The van der Waals surface area contributed by atoms with Crippen molar-refractivity contribution in [2.45, 2.75) is 33.6 Å². The Balaban J connectivity index is 1.85. The average molecular weight is 529 g/mol. The summed E-state index contributed by atoms with van der Waals surface area (Å²) in [5.74, 6) is -0.237. The largest absolute Gasteiger partial charge is 0.490 e. The summed E-state index contributed by atoms with van der Waals surface area (Å²) in [6, 6.07) is 15.0. The highest BCUT2D eigenvalue weighted by molar-refractivity contribution is 6.32. The smallest absolute Gasteiger partial charge is 0.416 e. The molecule has 0 aliphatic rings. The summed E-state index contributed by atoms with van der Waals surface area (Å²) in [4.78, 5) is 12.6. The van der Waals surface area contributed by atoms with E-state index in [1.807, 2.05) is 26.0 Å². The van der Waals surface area contributed by atoms with Crippen molar-refractivity contribution in [1.29, 1.82) is 5.26 Å². The summed E-state index contributed by atoms with van der Waals surface area (Å²) in [6.07, 6.45) is -3.30. The fourth-order valence-electron chi connectivity index (χ4n) is 3.67. The number of nitrogens with one attached hydrogen (secondary N) is 1. The number of alkyl halides is 3. The molecule has 1 N–H and O–H groups in total. The van der Waals surface area contributed by atoms with Crippen LogP contribution < -0.4 is 14.8 Å². The van der Waals surface area contributed by atoms with Crippen molar-refractivity contribution >= 4 is 29.3 Å². The average Bonchev–Trinajstić information content (AvgIpc) is 2.81. The van der Waals surface area contributed by atoms with Crippen molar-refractivity contribution in [3.63, 3.8) is 0 Å². The Kier molecular flexibility index (Phi) is 8.85. The second kappa shape index (κ2) is 11.8. The Morgan fingerprint density at radius 2 is 1.78 bits per heavy atom. The van der Waals surface area contributed by atoms with Gasteiger partial charge in [-0.15, -0.1) is 0 Å². The summed E-state index contributed by atoms with van der Waals surface area (Å²) < 4.78 is 50.5. The molecule has 0 spiro atoms. The predicted octanol–water partition coefficient (Wildman–Crippen LogP) is 7.50. The number of nitriles is 1. The second-order valence-corrected chi connectivity index (χ2v) is 8.66. The molecule has 0 aliphatic heterocycles. The van der Waals surface area contributed by atoms with E-state index in [0.29, 0.717) is 23.7 Å². The maximum atomic E-state index is 13.0. The van der Waals surface area contributed by atoms with Gasteiger partial charge in [-0.25, -0.2) is 0 Å². The first kappa shape index (κ1) is 27.6. The van der Waals surface area contributed by atoms with E-state index >= 15 is 0 Å². The minimum Gasteiger partial charge on any atom is -0.490 e. The van der Waals surface area contributed by atoms with Crippen molar-refractivity contribution in [2.24, 2.45) is 0 Å². The quantitative estimate of drug-likeness (QED) is 0.243. The van der Waals surface area contributed by atoms with E-state index in [4.69, 9.17) is 21.1 Å². The number of hydrogen-bond acceptors (Lipinski definition) is 4. The minimum atomic E-state index is -4.57. The topological polar surface area (TPSA) is 71.3 Å². The number of nitrogens with zero attached hydrogens (tertiary/aromatic N) is 1. The number of halogens is 4. The number of aryl methyl sites for hydroxylation is 2. The standard InChI is InChI=1S/C28H24ClF3N2O3/c1-4-36-25-13-19(12-24(29)26(25)37-16-20-9-17(2)8-18(3)10-20)11-21(15-33)27(35)34-23-7-5-6-22(14-23)28(30,31)32/h5-14H,4,16H2,1-3H3,(H,34,35)/b21-11+. The zero-order valence-electron chi connectivity index (χ0n) is 20.4.